The first-order valence-electron chi connectivity index (χ1n) is 6.74. The van der Waals surface area contributed by atoms with Crippen LogP contribution in [0.3, 0.4) is 0 Å². The molecule has 96 valence electrons. The van der Waals surface area contributed by atoms with E-state index in [-0.39, 0.29) is 18.3 Å². The van der Waals surface area contributed by atoms with Crippen molar-refractivity contribution in [1.29, 1.82) is 0 Å². The second-order valence-electron chi connectivity index (χ2n) is 6.87. The standard InChI is InChI=1S/C14H25BO2/c1-11(2)14(7-8-14)9-10-15-16-12(3,4)13(5,6)17-15/h9-11H,7-8H2,1-6H3/b10-9+. The van der Waals surface area contributed by atoms with Gasteiger partial charge in [-0.15, -0.1) is 0 Å². The highest BCUT2D eigenvalue weighted by Gasteiger charge is 2.51. The molecule has 2 aliphatic rings. The summed E-state index contributed by atoms with van der Waals surface area (Å²) in [5, 5.41) is 0. The molecule has 2 fully saturated rings. The SMILES string of the molecule is CC(C)C1(/C=C/B2OC(C)(C)C(C)(C)O2)CC1. The van der Waals surface area contributed by atoms with Gasteiger partial charge in [0.15, 0.2) is 0 Å². The molecular formula is C14H25BO2. The first kappa shape index (κ1) is 13.2. The molecule has 1 aliphatic carbocycles. The first-order valence-corrected chi connectivity index (χ1v) is 6.74. The van der Waals surface area contributed by atoms with E-state index >= 15 is 0 Å². The van der Waals surface area contributed by atoms with Crippen LogP contribution in [0.5, 0.6) is 0 Å². The zero-order valence-corrected chi connectivity index (χ0v) is 12.0. The molecule has 0 atom stereocenters. The van der Waals surface area contributed by atoms with Gasteiger partial charge >= 0.3 is 7.12 Å². The Morgan fingerprint density at radius 2 is 1.47 bits per heavy atom. The fourth-order valence-electron chi connectivity index (χ4n) is 2.32. The quantitative estimate of drug-likeness (QED) is 0.697. The fraction of sp³-hybridized carbons (Fsp3) is 0.857. The molecule has 2 rings (SSSR count). The number of allylic oxidation sites excluding steroid dienone is 1. The molecule has 1 heterocycles. The van der Waals surface area contributed by atoms with Crippen LogP contribution in [0.2, 0.25) is 0 Å². The number of rotatable bonds is 3. The Balaban J connectivity index is 2.01. The molecule has 0 aromatic rings. The smallest absolute Gasteiger partial charge is 0.400 e. The Labute approximate surface area is 106 Å². The highest BCUT2D eigenvalue weighted by atomic mass is 16.7. The van der Waals surface area contributed by atoms with Crippen molar-refractivity contribution in [2.24, 2.45) is 11.3 Å². The summed E-state index contributed by atoms with van der Waals surface area (Å²) >= 11 is 0. The second-order valence-corrected chi connectivity index (χ2v) is 6.87. The van der Waals surface area contributed by atoms with E-state index in [1.807, 2.05) is 0 Å². The molecule has 3 heteroatoms. The molecule has 17 heavy (non-hydrogen) atoms. The van der Waals surface area contributed by atoms with E-state index < -0.39 is 0 Å². The highest BCUT2D eigenvalue weighted by molar-refractivity contribution is 6.51. The van der Waals surface area contributed by atoms with Crippen molar-refractivity contribution in [3.63, 3.8) is 0 Å². The summed E-state index contributed by atoms with van der Waals surface area (Å²) in [7, 11) is -0.184. The van der Waals surface area contributed by atoms with E-state index in [4.69, 9.17) is 9.31 Å². The molecule has 0 amide bonds. The summed E-state index contributed by atoms with van der Waals surface area (Å²) in [5.41, 5.74) is -0.0311. The Bertz CT molecular complexity index is 311. The summed E-state index contributed by atoms with van der Waals surface area (Å²) in [4.78, 5) is 0. The van der Waals surface area contributed by atoms with Crippen LogP contribution in [-0.4, -0.2) is 18.3 Å². The predicted octanol–water partition coefficient (Wildman–Crippen LogP) is 3.61. The Kier molecular flexibility index (Phi) is 2.99. The second kappa shape index (κ2) is 3.86. The van der Waals surface area contributed by atoms with Gasteiger partial charge in [0, 0.05) is 0 Å². The molecule has 0 radical (unpaired) electrons. The van der Waals surface area contributed by atoms with Crippen LogP contribution in [0.1, 0.15) is 54.4 Å². The minimum Gasteiger partial charge on any atom is -0.400 e. The molecule has 1 saturated heterocycles. The molecule has 0 aromatic heterocycles. The minimum absolute atomic E-state index is 0.184. The summed E-state index contributed by atoms with van der Waals surface area (Å²) in [6, 6.07) is 0. The van der Waals surface area contributed by atoms with Crippen LogP contribution in [0.4, 0.5) is 0 Å². The predicted molar refractivity (Wildman–Crippen MR) is 71.7 cm³/mol. The van der Waals surface area contributed by atoms with Crippen LogP contribution in [0, 0.1) is 11.3 Å². The van der Waals surface area contributed by atoms with E-state index in [1.165, 1.54) is 12.8 Å². The molecule has 1 aliphatic heterocycles. The normalized spacial score (nSPS) is 29.2. The van der Waals surface area contributed by atoms with Crippen molar-refractivity contribution in [2.75, 3.05) is 0 Å². The first-order chi connectivity index (χ1) is 7.69. The lowest BCUT2D eigenvalue weighted by atomic mass is 9.83. The van der Waals surface area contributed by atoms with Crippen LogP contribution in [0.25, 0.3) is 0 Å². The molecule has 0 bridgehead atoms. The Hall–Kier alpha value is -0.275. The van der Waals surface area contributed by atoms with Crippen molar-refractivity contribution in [3.05, 3.63) is 12.1 Å². The van der Waals surface area contributed by atoms with Crippen molar-refractivity contribution < 1.29 is 9.31 Å². The molecule has 0 unspecified atom stereocenters. The van der Waals surface area contributed by atoms with Gasteiger partial charge < -0.3 is 9.31 Å². The van der Waals surface area contributed by atoms with Crippen molar-refractivity contribution >= 4 is 7.12 Å². The maximum absolute atomic E-state index is 5.96. The van der Waals surface area contributed by atoms with Crippen LogP contribution >= 0.6 is 0 Å². The van der Waals surface area contributed by atoms with Crippen LogP contribution in [0.15, 0.2) is 12.1 Å². The summed E-state index contributed by atoms with van der Waals surface area (Å²) in [6.45, 7) is 13.0. The van der Waals surface area contributed by atoms with E-state index in [0.717, 1.165) is 0 Å². The van der Waals surface area contributed by atoms with Gasteiger partial charge in [-0.1, -0.05) is 25.9 Å². The van der Waals surface area contributed by atoms with Crippen molar-refractivity contribution in [3.8, 4) is 0 Å². The summed E-state index contributed by atoms with van der Waals surface area (Å²) in [5.74, 6) is 2.82. The maximum atomic E-state index is 5.96. The minimum atomic E-state index is -0.226. The third-order valence-corrected chi connectivity index (χ3v) is 4.83. The zero-order chi connectivity index (χ0) is 12.9. The highest BCUT2D eigenvalue weighted by Crippen LogP contribution is 2.53. The molecule has 0 N–H and O–H groups in total. The van der Waals surface area contributed by atoms with Gasteiger partial charge in [0.25, 0.3) is 0 Å². The lowest BCUT2D eigenvalue weighted by Gasteiger charge is -2.32. The molecule has 0 spiro atoms. The van der Waals surface area contributed by atoms with Gasteiger partial charge in [0.05, 0.1) is 11.2 Å². The van der Waals surface area contributed by atoms with E-state index in [2.05, 4.69) is 53.6 Å². The monoisotopic (exact) mass is 236 g/mol. The summed E-state index contributed by atoms with van der Waals surface area (Å²) in [6.07, 6.45) is 4.93. The summed E-state index contributed by atoms with van der Waals surface area (Å²) < 4.78 is 11.9. The fourth-order valence-corrected chi connectivity index (χ4v) is 2.32. The van der Waals surface area contributed by atoms with Gasteiger partial charge in [-0.25, -0.2) is 0 Å². The average Bonchev–Trinajstić information content (AvgIpc) is 2.89. The largest absolute Gasteiger partial charge is 0.486 e. The van der Waals surface area contributed by atoms with Crippen molar-refractivity contribution in [2.45, 2.75) is 65.6 Å². The Morgan fingerprint density at radius 1 is 1.00 bits per heavy atom. The van der Waals surface area contributed by atoms with Crippen molar-refractivity contribution in [1.82, 2.24) is 0 Å². The van der Waals surface area contributed by atoms with Gasteiger partial charge in [-0.3, -0.25) is 0 Å². The molecule has 1 saturated carbocycles. The number of hydrogen-bond donors (Lipinski definition) is 0. The maximum Gasteiger partial charge on any atom is 0.486 e. The lowest BCUT2D eigenvalue weighted by molar-refractivity contribution is 0.00578. The van der Waals surface area contributed by atoms with Crippen LogP contribution in [-0.2, 0) is 9.31 Å². The third-order valence-electron chi connectivity index (χ3n) is 4.83. The van der Waals surface area contributed by atoms with Gasteiger partial charge in [-0.05, 0) is 51.9 Å². The van der Waals surface area contributed by atoms with Gasteiger partial charge in [-0.2, -0.15) is 0 Å². The molecular weight excluding hydrogens is 211 g/mol. The Morgan fingerprint density at radius 3 is 1.82 bits per heavy atom. The third kappa shape index (κ3) is 2.32. The topological polar surface area (TPSA) is 18.5 Å². The van der Waals surface area contributed by atoms with Gasteiger partial charge in [0.2, 0.25) is 0 Å². The molecule has 2 nitrogen and oxygen atoms in total. The average molecular weight is 236 g/mol. The zero-order valence-electron chi connectivity index (χ0n) is 12.0. The van der Waals surface area contributed by atoms with E-state index in [1.54, 1.807) is 0 Å². The lowest BCUT2D eigenvalue weighted by Crippen LogP contribution is -2.41. The van der Waals surface area contributed by atoms with E-state index in [9.17, 15) is 0 Å². The number of hydrogen-bond acceptors (Lipinski definition) is 2. The van der Waals surface area contributed by atoms with Gasteiger partial charge in [0.1, 0.15) is 0 Å². The van der Waals surface area contributed by atoms with E-state index in [0.29, 0.717) is 11.3 Å². The van der Waals surface area contributed by atoms with Crippen LogP contribution < -0.4 is 0 Å². The molecule has 0 aromatic carbocycles.